The van der Waals surface area contributed by atoms with Crippen molar-refractivity contribution in [1.29, 1.82) is 0 Å². The fourth-order valence-corrected chi connectivity index (χ4v) is 1.72. The molecular weight excluding hydrogens is 248 g/mol. The number of nitrogens with two attached hydrogens (primary N) is 2. The molecule has 0 aliphatic rings. The molecule has 0 unspecified atom stereocenters. The van der Waals surface area contributed by atoms with Gasteiger partial charge in [0.15, 0.2) is 0 Å². The number of hydrogen-bond donors (Lipinski definition) is 3. The maximum atomic E-state index is 11.7. The van der Waals surface area contributed by atoms with E-state index in [1.807, 2.05) is 0 Å². The van der Waals surface area contributed by atoms with Crippen LogP contribution in [0.1, 0.15) is 5.56 Å². The first-order valence-corrected chi connectivity index (χ1v) is 5.43. The minimum Gasteiger partial charge on any atom is -0.481 e. The maximum absolute atomic E-state index is 11.7. The molecule has 0 aliphatic heterocycles. The third kappa shape index (κ3) is 2.71. The number of benzene rings is 1. The number of aromatic nitrogens is 2. The number of rotatable bonds is 3. The summed E-state index contributed by atoms with van der Waals surface area (Å²) in [5, 5.41) is 8.67. The zero-order valence-corrected chi connectivity index (χ0v) is 9.91. The predicted molar refractivity (Wildman–Crippen MR) is 70.0 cm³/mol. The van der Waals surface area contributed by atoms with Crippen molar-refractivity contribution in [2.45, 2.75) is 6.42 Å². The van der Waals surface area contributed by atoms with Crippen molar-refractivity contribution in [3.8, 4) is 5.69 Å². The third-order valence-corrected chi connectivity index (χ3v) is 2.52. The molecule has 0 aliphatic carbocycles. The predicted octanol–water partition coefficient (Wildman–Crippen LogP) is 0.0240. The lowest BCUT2D eigenvalue weighted by Gasteiger charge is -2.09. The number of carboxylic acid groups (broad SMARTS) is 1. The molecule has 7 nitrogen and oxygen atoms in total. The standard InChI is InChI=1S/C12H12N4O3/c13-9-6-10(14)16(12(19)15-9)8-3-1-7(2-4-8)5-11(17)18/h1-4,6H,5,14H2,(H,17,18)(H2,13,15,19). The number of nitrogens with zero attached hydrogens (tertiary/aromatic N) is 2. The molecule has 5 N–H and O–H groups in total. The molecule has 19 heavy (non-hydrogen) atoms. The monoisotopic (exact) mass is 260 g/mol. The quantitative estimate of drug-likeness (QED) is 0.714. The molecule has 2 aromatic rings. The highest BCUT2D eigenvalue weighted by Gasteiger charge is 2.07. The van der Waals surface area contributed by atoms with Gasteiger partial charge < -0.3 is 16.6 Å². The molecule has 98 valence electrons. The van der Waals surface area contributed by atoms with Crippen molar-refractivity contribution in [3.63, 3.8) is 0 Å². The molecule has 1 heterocycles. The fourth-order valence-electron chi connectivity index (χ4n) is 1.72. The van der Waals surface area contributed by atoms with E-state index in [9.17, 15) is 9.59 Å². The van der Waals surface area contributed by atoms with Gasteiger partial charge in [0.05, 0.1) is 12.1 Å². The first-order chi connectivity index (χ1) is 8.97. The Balaban J connectivity index is 2.43. The van der Waals surface area contributed by atoms with E-state index in [-0.39, 0.29) is 18.1 Å². The van der Waals surface area contributed by atoms with Crippen molar-refractivity contribution < 1.29 is 9.90 Å². The fraction of sp³-hybridized carbons (Fsp3) is 0.0833. The number of carbonyl (C=O) groups is 1. The normalized spacial score (nSPS) is 10.3. The Kier molecular flexibility index (Phi) is 3.19. The highest BCUT2D eigenvalue weighted by Crippen LogP contribution is 2.13. The van der Waals surface area contributed by atoms with Gasteiger partial charge in [0.2, 0.25) is 0 Å². The number of nitrogen functional groups attached to an aromatic ring is 2. The van der Waals surface area contributed by atoms with Gasteiger partial charge in [-0.1, -0.05) is 12.1 Å². The topological polar surface area (TPSA) is 124 Å². The SMILES string of the molecule is Nc1cc(N)n(-c2ccc(CC(=O)O)cc2)c(=O)n1. The number of anilines is 2. The zero-order valence-electron chi connectivity index (χ0n) is 9.91. The Morgan fingerprint density at radius 1 is 1.26 bits per heavy atom. The molecule has 7 heteroatoms. The summed E-state index contributed by atoms with van der Waals surface area (Å²) in [5.74, 6) is -0.691. The Labute approximate surface area is 108 Å². The maximum Gasteiger partial charge on any atom is 0.355 e. The largest absolute Gasteiger partial charge is 0.481 e. The summed E-state index contributed by atoms with van der Waals surface area (Å²) in [4.78, 5) is 25.9. The molecule has 0 radical (unpaired) electrons. The number of carboxylic acids is 1. The second kappa shape index (κ2) is 4.81. The summed E-state index contributed by atoms with van der Waals surface area (Å²) >= 11 is 0. The van der Waals surface area contributed by atoms with Crippen LogP contribution >= 0.6 is 0 Å². The van der Waals surface area contributed by atoms with E-state index in [0.29, 0.717) is 11.3 Å². The van der Waals surface area contributed by atoms with Crippen LogP contribution in [0.5, 0.6) is 0 Å². The van der Waals surface area contributed by atoms with Gasteiger partial charge in [0.1, 0.15) is 11.6 Å². The van der Waals surface area contributed by atoms with Gasteiger partial charge in [0, 0.05) is 6.07 Å². The van der Waals surface area contributed by atoms with Gasteiger partial charge in [-0.2, -0.15) is 4.98 Å². The van der Waals surface area contributed by atoms with Crippen molar-refractivity contribution in [3.05, 3.63) is 46.4 Å². The smallest absolute Gasteiger partial charge is 0.355 e. The van der Waals surface area contributed by atoms with Gasteiger partial charge >= 0.3 is 11.7 Å². The number of hydrogen-bond acceptors (Lipinski definition) is 5. The lowest BCUT2D eigenvalue weighted by atomic mass is 10.1. The second-order valence-corrected chi connectivity index (χ2v) is 3.96. The van der Waals surface area contributed by atoms with E-state index < -0.39 is 11.7 Å². The second-order valence-electron chi connectivity index (χ2n) is 3.96. The molecule has 1 aromatic carbocycles. The van der Waals surface area contributed by atoms with Crippen LogP contribution in [0.15, 0.2) is 35.1 Å². The lowest BCUT2D eigenvalue weighted by Crippen LogP contribution is -2.24. The first kappa shape index (κ1) is 12.6. The summed E-state index contributed by atoms with van der Waals surface area (Å²) < 4.78 is 1.20. The van der Waals surface area contributed by atoms with Crippen LogP contribution in [0, 0.1) is 0 Å². The summed E-state index contributed by atoms with van der Waals surface area (Å²) in [6, 6.07) is 7.83. The van der Waals surface area contributed by atoms with Crippen LogP contribution in [-0.4, -0.2) is 20.6 Å². The summed E-state index contributed by atoms with van der Waals surface area (Å²) in [6.45, 7) is 0. The molecule has 1 aromatic heterocycles. The van der Waals surface area contributed by atoms with E-state index >= 15 is 0 Å². The van der Waals surface area contributed by atoms with Gasteiger partial charge in [-0.25, -0.2) is 9.36 Å². The van der Waals surface area contributed by atoms with E-state index in [1.165, 1.54) is 10.6 Å². The highest BCUT2D eigenvalue weighted by molar-refractivity contribution is 5.70. The molecule has 0 amide bonds. The molecular formula is C12H12N4O3. The average molecular weight is 260 g/mol. The summed E-state index contributed by atoms with van der Waals surface area (Å²) in [6.07, 6.45) is -0.0787. The van der Waals surface area contributed by atoms with Crippen molar-refractivity contribution in [1.82, 2.24) is 9.55 Å². The minimum atomic E-state index is -0.918. The summed E-state index contributed by atoms with van der Waals surface area (Å²) in [7, 11) is 0. The van der Waals surface area contributed by atoms with Gasteiger partial charge in [-0.15, -0.1) is 0 Å². The third-order valence-electron chi connectivity index (χ3n) is 2.52. The molecule has 0 bridgehead atoms. The first-order valence-electron chi connectivity index (χ1n) is 5.43. The Hall–Kier alpha value is -2.83. The van der Waals surface area contributed by atoms with Gasteiger partial charge in [-0.05, 0) is 17.7 Å². The van der Waals surface area contributed by atoms with Crippen LogP contribution < -0.4 is 17.2 Å². The van der Waals surface area contributed by atoms with Gasteiger partial charge in [0.25, 0.3) is 0 Å². The zero-order chi connectivity index (χ0) is 14.0. The van der Waals surface area contributed by atoms with Crippen molar-refractivity contribution in [2.75, 3.05) is 11.5 Å². The van der Waals surface area contributed by atoms with Crippen LogP contribution in [0.4, 0.5) is 11.6 Å². The van der Waals surface area contributed by atoms with E-state index in [1.54, 1.807) is 24.3 Å². The van der Waals surface area contributed by atoms with Crippen LogP contribution in [0.25, 0.3) is 5.69 Å². The highest BCUT2D eigenvalue weighted by atomic mass is 16.4. The molecule has 0 spiro atoms. The van der Waals surface area contributed by atoms with E-state index in [2.05, 4.69) is 4.98 Å². The van der Waals surface area contributed by atoms with Crippen molar-refractivity contribution in [2.24, 2.45) is 0 Å². The van der Waals surface area contributed by atoms with E-state index in [0.717, 1.165) is 0 Å². The Morgan fingerprint density at radius 2 is 1.89 bits per heavy atom. The number of aliphatic carboxylic acids is 1. The Morgan fingerprint density at radius 3 is 2.42 bits per heavy atom. The van der Waals surface area contributed by atoms with Crippen LogP contribution in [0.3, 0.4) is 0 Å². The average Bonchev–Trinajstić information content (AvgIpc) is 2.29. The molecule has 0 atom stereocenters. The summed E-state index contributed by atoms with van der Waals surface area (Å²) in [5.41, 5.74) is 11.7. The van der Waals surface area contributed by atoms with Crippen LogP contribution in [-0.2, 0) is 11.2 Å². The lowest BCUT2D eigenvalue weighted by molar-refractivity contribution is -0.136. The molecule has 0 fully saturated rings. The van der Waals surface area contributed by atoms with E-state index in [4.69, 9.17) is 16.6 Å². The Bertz CT molecular complexity index is 676. The van der Waals surface area contributed by atoms with Gasteiger partial charge in [-0.3, -0.25) is 4.79 Å². The molecule has 0 saturated heterocycles. The van der Waals surface area contributed by atoms with Crippen molar-refractivity contribution >= 4 is 17.6 Å². The van der Waals surface area contributed by atoms with Crippen LogP contribution in [0.2, 0.25) is 0 Å². The molecule has 0 saturated carbocycles. The minimum absolute atomic E-state index is 0.0567. The molecule has 2 rings (SSSR count).